The number of esters is 2. The van der Waals surface area contributed by atoms with Crippen LogP contribution in [0.4, 0.5) is 0 Å². The standard InChI is InChI=1S/C18H14O8/c19-15(20)13(17(23)25-11-7-3-1-4-8-11)14(16(21)22)18(24)26-12-9-5-2-6-10-12/h1-10,13-14H,(H,19,20)(H,21,22)/t13-,14-/m0/s1. The molecule has 0 aliphatic carbocycles. The fourth-order valence-electron chi connectivity index (χ4n) is 2.10. The molecule has 0 aromatic heterocycles. The van der Waals surface area contributed by atoms with Crippen molar-refractivity contribution < 1.29 is 38.9 Å². The first kappa shape index (κ1) is 18.7. The van der Waals surface area contributed by atoms with Crippen molar-refractivity contribution in [2.24, 2.45) is 11.8 Å². The number of rotatable bonds is 7. The van der Waals surface area contributed by atoms with Gasteiger partial charge in [0.05, 0.1) is 0 Å². The molecule has 8 heteroatoms. The average molecular weight is 358 g/mol. The molecule has 0 amide bonds. The van der Waals surface area contributed by atoms with Gasteiger partial charge in [-0.15, -0.1) is 0 Å². The topological polar surface area (TPSA) is 127 Å². The molecule has 0 unspecified atom stereocenters. The van der Waals surface area contributed by atoms with Gasteiger partial charge in [0.15, 0.2) is 11.8 Å². The maximum Gasteiger partial charge on any atom is 0.327 e. The highest BCUT2D eigenvalue weighted by molar-refractivity contribution is 6.07. The highest BCUT2D eigenvalue weighted by Gasteiger charge is 2.47. The van der Waals surface area contributed by atoms with E-state index in [1.165, 1.54) is 48.5 Å². The Morgan fingerprint density at radius 1 is 0.615 bits per heavy atom. The van der Waals surface area contributed by atoms with Crippen LogP contribution in [0.25, 0.3) is 0 Å². The first-order valence-corrected chi connectivity index (χ1v) is 7.39. The van der Waals surface area contributed by atoms with Crippen molar-refractivity contribution in [3.05, 3.63) is 60.7 Å². The lowest BCUT2D eigenvalue weighted by molar-refractivity contribution is -0.169. The summed E-state index contributed by atoms with van der Waals surface area (Å²) in [6.07, 6.45) is 0. The van der Waals surface area contributed by atoms with Crippen LogP contribution >= 0.6 is 0 Å². The second-order valence-corrected chi connectivity index (χ2v) is 5.10. The molecule has 2 N–H and O–H groups in total. The molecule has 26 heavy (non-hydrogen) atoms. The Morgan fingerprint density at radius 3 is 1.19 bits per heavy atom. The van der Waals surface area contributed by atoms with Crippen molar-refractivity contribution in [1.82, 2.24) is 0 Å². The van der Waals surface area contributed by atoms with Gasteiger partial charge in [0.2, 0.25) is 0 Å². The third-order valence-corrected chi connectivity index (χ3v) is 3.30. The van der Waals surface area contributed by atoms with E-state index >= 15 is 0 Å². The lowest BCUT2D eigenvalue weighted by Crippen LogP contribution is -2.44. The number of carboxylic acid groups (broad SMARTS) is 2. The molecule has 8 nitrogen and oxygen atoms in total. The summed E-state index contributed by atoms with van der Waals surface area (Å²) in [5.74, 6) is -10.9. The van der Waals surface area contributed by atoms with Gasteiger partial charge in [-0.25, -0.2) is 0 Å². The molecule has 0 saturated carbocycles. The monoisotopic (exact) mass is 358 g/mol. The number of ether oxygens (including phenoxy) is 2. The molecule has 0 saturated heterocycles. The lowest BCUT2D eigenvalue weighted by Gasteiger charge is -2.18. The molecule has 0 heterocycles. The van der Waals surface area contributed by atoms with E-state index in [1.807, 2.05) is 0 Å². The van der Waals surface area contributed by atoms with Crippen molar-refractivity contribution in [1.29, 1.82) is 0 Å². The molecular formula is C18H14O8. The number of carbonyl (C=O) groups is 4. The van der Waals surface area contributed by atoms with Crippen LogP contribution in [0, 0.1) is 11.8 Å². The minimum absolute atomic E-state index is 0.0179. The van der Waals surface area contributed by atoms with E-state index in [4.69, 9.17) is 9.47 Å². The Bertz CT molecular complexity index is 731. The van der Waals surface area contributed by atoms with Gasteiger partial charge >= 0.3 is 23.9 Å². The molecule has 2 aromatic rings. The van der Waals surface area contributed by atoms with E-state index in [1.54, 1.807) is 12.1 Å². The molecule has 0 bridgehead atoms. The Balaban J connectivity index is 2.25. The smallest absolute Gasteiger partial charge is 0.327 e. The van der Waals surface area contributed by atoms with Crippen molar-refractivity contribution in [2.45, 2.75) is 0 Å². The van der Waals surface area contributed by atoms with Crippen LogP contribution in [-0.2, 0) is 19.2 Å². The third kappa shape index (κ3) is 4.67. The summed E-state index contributed by atoms with van der Waals surface area (Å²) in [6.45, 7) is 0. The molecule has 2 rings (SSSR count). The van der Waals surface area contributed by atoms with Gasteiger partial charge in [-0.1, -0.05) is 36.4 Å². The third-order valence-electron chi connectivity index (χ3n) is 3.30. The van der Waals surface area contributed by atoms with E-state index in [0.717, 1.165) is 0 Å². The van der Waals surface area contributed by atoms with Crippen molar-refractivity contribution in [3.8, 4) is 11.5 Å². The average Bonchev–Trinajstić information content (AvgIpc) is 2.60. The Morgan fingerprint density at radius 2 is 0.923 bits per heavy atom. The summed E-state index contributed by atoms with van der Waals surface area (Å²) in [7, 11) is 0. The molecule has 0 fully saturated rings. The summed E-state index contributed by atoms with van der Waals surface area (Å²) >= 11 is 0. The molecule has 2 aromatic carbocycles. The van der Waals surface area contributed by atoms with Gasteiger partial charge in [-0.05, 0) is 24.3 Å². The highest BCUT2D eigenvalue weighted by atomic mass is 16.5. The van der Waals surface area contributed by atoms with E-state index in [2.05, 4.69) is 0 Å². The van der Waals surface area contributed by atoms with Gasteiger partial charge in [-0.2, -0.15) is 0 Å². The number of carbonyl (C=O) groups excluding carboxylic acids is 2. The van der Waals surface area contributed by atoms with Gasteiger partial charge in [0, 0.05) is 0 Å². The van der Waals surface area contributed by atoms with Crippen LogP contribution in [0.2, 0.25) is 0 Å². The highest BCUT2D eigenvalue weighted by Crippen LogP contribution is 2.21. The minimum Gasteiger partial charge on any atom is -0.481 e. The van der Waals surface area contributed by atoms with Crippen LogP contribution < -0.4 is 9.47 Å². The molecule has 0 aliphatic rings. The number of aliphatic carboxylic acids is 2. The van der Waals surface area contributed by atoms with E-state index in [9.17, 15) is 29.4 Å². The first-order valence-electron chi connectivity index (χ1n) is 7.39. The largest absolute Gasteiger partial charge is 0.481 e. The summed E-state index contributed by atoms with van der Waals surface area (Å²) < 4.78 is 9.76. The predicted octanol–water partition coefficient (Wildman–Crippen LogP) is 1.60. The van der Waals surface area contributed by atoms with Gasteiger partial charge in [-0.3, -0.25) is 19.2 Å². The van der Waals surface area contributed by atoms with E-state index in [0.29, 0.717) is 0 Å². The Kier molecular flexibility index (Phi) is 6.05. The second kappa shape index (κ2) is 8.43. The van der Waals surface area contributed by atoms with Crippen LogP contribution in [0.5, 0.6) is 11.5 Å². The van der Waals surface area contributed by atoms with Crippen molar-refractivity contribution >= 4 is 23.9 Å². The zero-order chi connectivity index (χ0) is 19.1. The maximum atomic E-state index is 12.2. The predicted molar refractivity (Wildman–Crippen MR) is 86.4 cm³/mol. The van der Waals surface area contributed by atoms with Crippen molar-refractivity contribution in [2.75, 3.05) is 0 Å². The molecule has 2 atom stereocenters. The van der Waals surface area contributed by atoms with Crippen molar-refractivity contribution in [3.63, 3.8) is 0 Å². The summed E-state index contributed by atoms with van der Waals surface area (Å²) in [6, 6.07) is 15.0. The molecule has 0 aliphatic heterocycles. The van der Waals surface area contributed by atoms with Crippen LogP contribution in [0.3, 0.4) is 0 Å². The molecule has 0 spiro atoms. The van der Waals surface area contributed by atoms with Crippen LogP contribution in [-0.4, -0.2) is 34.1 Å². The lowest BCUT2D eigenvalue weighted by atomic mass is 9.92. The fraction of sp³-hybridized carbons (Fsp3) is 0.111. The number of hydrogen-bond donors (Lipinski definition) is 2. The van der Waals surface area contributed by atoms with Gasteiger partial charge < -0.3 is 19.7 Å². The fourth-order valence-corrected chi connectivity index (χ4v) is 2.10. The summed E-state index contributed by atoms with van der Waals surface area (Å²) in [5.41, 5.74) is 0. The maximum absolute atomic E-state index is 12.2. The molecule has 134 valence electrons. The van der Waals surface area contributed by atoms with Gasteiger partial charge in [0.1, 0.15) is 11.5 Å². The zero-order valence-electron chi connectivity index (χ0n) is 13.3. The SMILES string of the molecule is O=C(O)[C@@H](C(=O)Oc1ccccc1)[C@@H](C(=O)O)C(=O)Oc1ccccc1. The number of para-hydroxylation sites is 2. The van der Waals surface area contributed by atoms with Crippen LogP contribution in [0.15, 0.2) is 60.7 Å². The van der Waals surface area contributed by atoms with E-state index in [-0.39, 0.29) is 11.5 Å². The van der Waals surface area contributed by atoms with Crippen LogP contribution in [0.1, 0.15) is 0 Å². The number of carboxylic acids is 2. The number of benzene rings is 2. The Hall–Kier alpha value is -3.68. The first-order chi connectivity index (χ1) is 12.4. The molecular weight excluding hydrogens is 344 g/mol. The Labute approximate surface area is 147 Å². The zero-order valence-corrected chi connectivity index (χ0v) is 13.3. The minimum atomic E-state index is -2.27. The van der Waals surface area contributed by atoms with E-state index < -0.39 is 35.7 Å². The van der Waals surface area contributed by atoms with Gasteiger partial charge in [0.25, 0.3) is 0 Å². The quantitative estimate of drug-likeness (QED) is 0.434. The number of hydrogen-bond acceptors (Lipinski definition) is 6. The summed E-state index contributed by atoms with van der Waals surface area (Å²) in [4.78, 5) is 47.3. The molecule has 0 radical (unpaired) electrons. The summed E-state index contributed by atoms with van der Waals surface area (Å²) in [5, 5.41) is 18.6. The second-order valence-electron chi connectivity index (χ2n) is 5.10. The normalized spacial score (nSPS) is 12.5.